The summed E-state index contributed by atoms with van der Waals surface area (Å²) in [5, 5.41) is 1.01. The normalized spacial score (nSPS) is 10.8. The Kier molecular flexibility index (Phi) is 3.40. The molecule has 1 heterocycles. The molecule has 1 aromatic heterocycles. The van der Waals surface area contributed by atoms with Crippen LogP contribution in [0.2, 0.25) is 0 Å². The van der Waals surface area contributed by atoms with Crippen LogP contribution in [0.15, 0.2) is 39.5 Å². The summed E-state index contributed by atoms with van der Waals surface area (Å²) in [6.07, 6.45) is 4.20. The first kappa shape index (κ1) is 10.9. The van der Waals surface area contributed by atoms with E-state index in [4.69, 9.17) is 4.42 Å². The van der Waals surface area contributed by atoms with E-state index in [0.29, 0.717) is 5.58 Å². The second-order valence-corrected chi connectivity index (χ2v) is 4.05. The highest BCUT2D eigenvalue weighted by molar-refractivity contribution is 5.76. The van der Waals surface area contributed by atoms with Gasteiger partial charge in [-0.05, 0) is 25.0 Å². The minimum absolute atomic E-state index is 0.185. The summed E-state index contributed by atoms with van der Waals surface area (Å²) in [7, 11) is 0. The number of aryl methyl sites for hydroxylation is 1. The van der Waals surface area contributed by atoms with Crippen LogP contribution in [0.5, 0.6) is 0 Å². The molecule has 0 atom stereocenters. The van der Waals surface area contributed by atoms with Crippen LogP contribution in [0, 0.1) is 0 Å². The van der Waals surface area contributed by atoms with Gasteiger partial charge in [0.1, 0.15) is 5.58 Å². The Morgan fingerprint density at radius 1 is 1.19 bits per heavy atom. The van der Waals surface area contributed by atoms with Gasteiger partial charge >= 0.3 is 5.63 Å². The van der Waals surface area contributed by atoms with Crippen molar-refractivity contribution in [2.75, 3.05) is 0 Å². The van der Waals surface area contributed by atoms with Gasteiger partial charge in [0.2, 0.25) is 0 Å². The number of hydrogen-bond donors (Lipinski definition) is 0. The Balaban J connectivity index is 2.31. The minimum Gasteiger partial charge on any atom is -0.423 e. The third-order valence-corrected chi connectivity index (χ3v) is 2.76. The molecule has 0 N–H and O–H groups in total. The number of hydrogen-bond acceptors (Lipinski definition) is 2. The third kappa shape index (κ3) is 2.32. The Bertz CT molecular complexity index is 525. The zero-order chi connectivity index (χ0) is 11.4. The molecule has 0 radical (unpaired) electrons. The standard InChI is InChI=1S/C14H16O2/c1-2-3-4-8-12-10-11-7-5-6-9-13(11)16-14(12)15/h5-7,9-10H,2-4,8H2,1H3. The summed E-state index contributed by atoms with van der Waals surface area (Å²) in [4.78, 5) is 11.7. The lowest BCUT2D eigenvalue weighted by atomic mass is 10.1. The molecule has 2 nitrogen and oxygen atoms in total. The predicted octanol–water partition coefficient (Wildman–Crippen LogP) is 3.53. The topological polar surface area (TPSA) is 30.2 Å². The molecule has 0 saturated carbocycles. The molecular weight excluding hydrogens is 200 g/mol. The van der Waals surface area contributed by atoms with Crippen LogP contribution in [0.3, 0.4) is 0 Å². The van der Waals surface area contributed by atoms with Gasteiger partial charge in [0.15, 0.2) is 0 Å². The average Bonchev–Trinajstić information content (AvgIpc) is 2.30. The minimum atomic E-state index is -0.185. The van der Waals surface area contributed by atoms with Crippen molar-refractivity contribution in [1.29, 1.82) is 0 Å². The molecule has 1 aromatic carbocycles. The molecular formula is C14H16O2. The summed E-state index contributed by atoms with van der Waals surface area (Å²) in [6, 6.07) is 9.59. The molecule has 0 saturated heterocycles. The monoisotopic (exact) mass is 216 g/mol. The van der Waals surface area contributed by atoms with Gasteiger partial charge in [0, 0.05) is 10.9 Å². The molecule has 84 valence electrons. The lowest BCUT2D eigenvalue weighted by molar-refractivity contribution is 0.546. The van der Waals surface area contributed by atoms with Crippen molar-refractivity contribution in [3.05, 3.63) is 46.3 Å². The van der Waals surface area contributed by atoms with E-state index < -0.39 is 0 Å². The maximum Gasteiger partial charge on any atom is 0.339 e. The van der Waals surface area contributed by atoms with Gasteiger partial charge in [-0.2, -0.15) is 0 Å². The second kappa shape index (κ2) is 4.97. The van der Waals surface area contributed by atoms with Gasteiger partial charge < -0.3 is 4.42 Å². The Morgan fingerprint density at radius 3 is 2.81 bits per heavy atom. The highest BCUT2D eigenvalue weighted by atomic mass is 16.4. The van der Waals surface area contributed by atoms with Crippen molar-refractivity contribution in [2.45, 2.75) is 32.6 Å². The van der Waals surface area contributed by atoms with E-state index in [9.17, 15) is 4.79 Å². The van der Waals surface area contributed by atoms with Gasteiger partial charge in [-0.15, -0.1) is 0 Å². The lowest BCUT2D eigenvalue weighted by Gasteiger charge is -2.01. The van der Waals surface area contributed by atoms with Gasteiger partial charge in [0.25, 0.3) is 0 Å². The molecule has 2 heteroatoms. The smallest absolute Gasteiger partial charge is 0.339 e. The molecule has 0 unspecified atom stereocenters. The van der Waals surface area contributed by atoms with Crippen LogP contribution in [0.1, 0.15) is 31.7 Å². The van der Waals surface area contributed by atoms with Crippen molar-refractivity contribution in [1.82, 2.24) is 0 Å². The molecule has 0 aliphatic carbocycles. The lowest BCUT2D eigenvalue weighted by Crippen LogP contribution is -2.06. The van der Waals surface area contributed by atoms with Crippen molar-refractivity contribution >= 4 is 11.0 Å². The largest absolute Gasteiger partial charge is 0.423 e. The zero-order valence-electron chi connectivity index (χ0n) is 9.53. The quantitative estimate of drug-likeness (QED) is 0.578. The van der Waals surface area contributed by atoms with E-state index >= 15 is 0 Å². The maximum absolute atomic E-state index is 11.7. The molecule has 0 amide bonds. The molecule has 0 aliphatic rings. The average molecular weight is 216 g/mol. The number of unbranched alkanes of at least 4 members (excludes halogenated alkanes) is 2. The fraction of sp³-hybridized carbons (Fsp3) is 0.357. The number of fused-ring (bicyclic) bond motifs is 1. The first-order valence-electron chi connectivity index (χ1n) is 5.83. The summed E-state index contributed by atoms with van der Waals surface area (Å²) in [5.41, 5.74) is 1.29. The number of rotatable bonds is 4. The summed E-state index contributed by atoms with van der Waals surface area (Å²) >= 11 is 0. The highest BCUT2D eigenvalue weighted by Crippen LogP contribution is 2.13. The van der Waals surface area contributed by atoms with Crippen LogP contribution in [0.25, 0.3) is 11.0 Å². The second-order valence-electron chi connectivity index (χ2n) is 4.05. The van der Waals surface area contributed by atoms with Crippen LogP contribution in [-0.4, -0.2) is 0 Å². The van der Waals surface area contributed by atoms with E-state index in [2.05, 4.69) is 6.92 Å². The van der Waals surface area contributed by atoms with E-state index in [1.807, 2.05) is 30.3 Å². The molecule has 2 rings (SSSR count). The van der Waals surface area contributed by atoms with Crippen molar-refractivity contribution in [3.8, 4) is 0 Å². The third-order valence-electron chi connectivity index (χ3n) is 2.76. The van der Waals surface area contributed by atoms with E-state index in [-0.39, 0.29) is 5.63 Å². The zero-order valence-corrected chi connectivity index (χ0v) is 9.53. The van der Waals surface area contributed by atoms with Crippen molar-refractivity contribution in [3.63, 3.8) is 0 Å². The SMILES string of the molecule is CCCCCc1cc2ccccc2oc1=O. The van der Waals surface area contributed by atoms with Gasteiger partial charge in [-0.3, -0.25) is 0 Å². The molecule has 0 spiro atoms. The fourth-order valence-corrected chi connectivity index (χ4v) is 1.84. The molecule has 16 heavy (non-hydrogen) atoms. The van der Waals surface area contributed by atoms with Crippen LogP contribution < -0.4 is 5.63 Å². The van der Waals surface area contributed by atoms with E-state index in [1.165, 1.54) is 6.42 Å². The fourth-order valence-electron chi connectivity index (χ4n) is 1.84. The number of para-hydroxylation sites is 1. The molecule has 0 bridgehead atoms. The highest BCUT2D eigenvalue weighted by Gasteiger charge is 2.04. The Labute approximate surface area is 94.9 Å². The van der Waals surface area contributed by atoms with E-state index in [0.717, 1.165) is 30.2 Å². The van der Waals surface area contributed by atoms with Crippen LogP contribution in [0.4, 0.5) is 0 Å². The van der Waals surface area contributed by atoms with Gasteiger partial charge in [-0.25, -0.2) is 4.79 Å². The first-order valence-corrected chi connectivity index (χ1v) is 5.83. The predicted molar refractivity (Wildman–Crippen MR) is 65.7 cm³/mol. The molecule has 0 aliphatic heterocycles. The Morgan fingerprint density at radius 2 is 2.00 bits per heavy atom. The molecule has 2 aromatic rings. The summed E-state index contributed by atoms with van der Waals surface area (Å²) < 4.78 is 5.27. The van der Waals surface area contributed by atoms with Crippen LogP contribution >= 0.6 is 0 Å². The summed E-state index contributed by atoms with van der Waals surface area (Å²) in [5.74, 6) is 0. The molecule has 0 fully saturated rings. The van der Waals surface area contributed by atoms with Crippen LogP contribution in [-0.2, 0) is 6.42 Å². The van der Waals surface area contributed by atoms with E-state index in [1.54, 1.807) is 0 Å². The van der Waals surface area contributed by atoms with Gasteiger partial charge in [-0.1, -0.05) is 38.0 Å². The van der Waals surface area contributed by atoms with Crippen molar-refractivity contribution in [2.24, 2.45) is 0 Å². The number of benzene rings is 1. The first-order chi connectivity index (χ1) is 7.81. The Hall–Kier alpha value is -1.57. The summed E-state index contributed by atoms with van der Waals surface area (Å²) in [6.45, 7) is 2.16. The van der Waals surface area contributed by atoms with Crippen molar-refractivity contribution < 1.29 is 4.42 Å². The maximum atomic E-state index is 11.7. The van der Waals surface area contributed by atoms with Gasteiger partial charge in [0.05, 0.1) is 0 Å².